The van der Waals surface area contributed by atoms with E-state index in [4.69, 9.17) is 31.1 Å². The summed E-state index contributed by atoms with van der Waals surface area (Å²) in [5.41, 5.74) is 6.18. The van der Waals surface area contributed by atoms with Crippen molar-refractivity contribution in [2.45, 2.75) is 0 Å². The van der Waals surface area contributed by atoms with Crippen LogP contribution < -0.4 is 10.3 Å². The normalized spacial score (nSPS) is 11.3. The van der Waals surface area contributed by atoms with E-state index in [0.29, 0.717) is 11.4 Å². The lowest BCUT2D eigenvalue weighted by molar-refractivity contribution is 0.273. The van der Waals surface area contributed by atoms with Crippen molar-refractivity contribution in [2.24, 2.45) is 0 Å². The van der Waals surface area contributed by atoms with E-state index in [1.807, 2.05) is 0 Å². The molecule has 0 aliphatic rings. The molecule has 0 aliphatic carbocycles. The van der Waals surface area contributed by atoms with Crippen LogP contribution in [0.15, 0.2) is 24.3 Å². The molecule has 0 spiro atoms. The van der Waals surface area contributed by atoms with E-state index in [1.54, 1.807) is 24.3 Å². The quantitative estimate of drug-likeness (QED) is 0.638. The first-order chi connectivity index (χ1) is 6.59. The Kier molecular flexibility index (Phi) is 3.89. The molecule has 1 rings (SSSR count). The largest absolute Gasteiger partial charge is 0.424 e. The molecule has 0 amide bonds. The summed E-state index contributed by atoms with van der Waals surface area (Å²) in [5.74, 6) is 0.553. The molecule has 78 valence electrons. The van der Waals surface area contributed by atoms with Crippen molar-refractivity contribution < 1.29 is 13.6 Å². The van der Waals surface area contributed by atoms with Crippen LogP contribution in [0.2, 0.25) is 0 Å². The maximum absolute atomic E-state index is 5.58. The Balaban J connectivity index is 2.83. The van der Waals surface area contributed by atoms with Gasteiger partial charge in [0.05, 0.1) is 0 Å². The van der Waals surface area contributed by atoms with E-state index >= 15 is 0 Å². The average molecular weight is 233 g/mol. The summed E-state index contributed by atoms with van der Waals surface area (Å²) in [6.07, 6.45) is 0. The predicted octanol–water partition coefficient (Wildman–Crippen LogP) is 2.16. The minimum absolute atomic E-state index is 0.553. The van der Waals surface area contributed by atoms with Crippen LogP contribution in [0, 0.1) is 0 Å². The van der Waals surface area contributed by atoms with Crippen LogP contribution in [0.1, 0.15) is 0 Å². The Hall–Kier alpha value is -0.610. The van der Waals surface area contributed by atoms with Crippen LogP contribution in [0.4, 0.5) is 5.69 Å². The van der Waals surface area contributed by atoms with Gasteiger partial charge in [0.15, 0.2) is 0 Å². The molecule has 0 unspecified atom stereocenters. The molecule has 14 heavy (non-hydrogen) atoms. The van der Waals surface area contributed by atoms with E-state index < -0.39 is 6.72 Å². The maximum atomic E-state index is 5.58. The number of nitrogen functional groups attached to an aromatic ring is 1. The van der Waals surface area contributed by atoms with Gasteiger partial charge in [-0.1, -0.05) is 6.07 Å². The highest BCUT2D eigenvalue weighted by molar-refractivity contribution is 8.07. The fraction of sp³-hybridized carbons (Fsp3) is 0.250. The minimum Gasteiger partial charge on any atom is -0.424 e. The van der Waals surface area contributed by atoms with Gasteiger partial charge in [0.2, 0.25) is 0 Å². The molecule has 0 fully saturated rings. The monoisotopic (exact) mass is 233 g/mol. The molecular formula is C8H12NO3PS. The van der Waals surface area contributed by atoms with E-state index in [0.717, 1.165) is 0 Å². The first-order valence-electron chi connectivity index (χ1n) is 3.86. The van der Waals surface area contributed by atoms with Crippen molar-refractivity contribution in [3.05, 3.63) is 24.3 Å². The summed E-state index contributed by atoms with van der Waals surface area (Å²) in [4.78, 5) is 0. The average Bonchev–Trinajstić information content (AvgIpc) is 2.18. The number of nitrogens with two attached hydrogens (primary N) is 1. The number of anilines is 1. The lowest BCUT2D eigenvalue weighted by Crippen LogP contribution is -1.97. The third-order valence-electron chi connectivity index (χ3n) is 1.52. The van der Waals surface area contributed by atoms with Gasteiger partial charge in [-0.05, 0) is 12.1 Å². The summed E-state index contributed by atoms with van der Waals surface area (Å²) in [5, 5.41) is 0. The molecule has 0 bridgehead atoms. The summed E-state index contributed by atoms with van der Waals surface area (Å²) < 4.78 is 15.3. The molecule has 4 nitrogen and oxygen atoms in total. The van der Waals surface area contributed by atoms with Gasteiger partial charge in [-0.25, -0.2) is 0 Å². The molecule has 0 heterocycles. The summed E-state index contributed by atoms with van der Waals surface area (Å²) >= 11 is 5.03. The van der Waals surface area contributed by atoms with E-state index in [2.05, 4.69) is 0 Å². The smallest absolute Gasteiger partial charge is 0.380 e. The van der Waals surface area contributed by atoms with Gasteiger partial charge in [-0.2, -0.15) is 0 Å². The Labute approximate surface area is 88.2 Å². The van der Waals surface area contributed by atoms with Crippen molar-refractivity contribution in [1.82, 2.24) is 0 Å². The number of rotatable bonds is 4. The molecule has 0 aliphatic heterocycles. The van der Waals surface area contributed by atoms with Crippen LogP contribution in [0.25, 0.3) is 0 Å². The van der Waals surface area contributed by atoms with Crippen LogP contribution in [0.5, 0.6) is 5.75 Å². The van der Waals surface area contributed by atoms with Crippen molar-refractivity contribution in [3.63, 3.8) is 0 Å². The lowest BCUT2D eigenvalue weighted by atomic mass is 10.3. The number of benzene rings is 1. The second-order valence-electron chi connectivity index (χ2n) is 2.48. The second-order valence-corrected chi connectivity index (χ2v) is 5.63. The Morgan fingerprint density at radius 3 is 2.43 bits per heavy atom. The van der Waals surface area contributed by atoms with E-state index in [1.165, 1.54) is 14.2 Å². The van der Waals surface area contributed by atoms with Gasteiger partial charge < -0.3 is 19.3 Å². The molecule has 0 radical (unpaired) electrons. The summed E-state index contributed by atoms with van der Waals surface area (Å²) in [7, 11) is 2.91. The van der Waals surface area contributed by atoms with Crippen molar-refractivity contribution in [1.29, 1.82) is 0 Å². The molecule has 1 aromatic rings. The zero-order chi connectivity index (χ0) is 10.6. The molecular weight excluding hydrogens is 221 g/mol. The van der Waals surface area contributed by atoms with Crippen LogP contribution in [0.3, 0.4) is 0 Å². The molecule has 1 aromatic carbocycles. The predicted molar refractivity (Wildman–Crippen MR) is 59.8 cm³/mol. The van der Waals surface area contributed by atoms with Gasteiger partial charge in [-0.3, -0.25) is 0 Å². The van der Waals surface area contributed by atoms with Crippen molar-refractivity contribution in [2.75, 3.05) is 20.0 Å². The Bertz CT molecular complexity index is 350. The fourth-order valence-electron chi connectivity index (χ4n) is 0.850. The van der Waals surface area contributed by atoms with Gasteiger partial charge in [-0.15, -0.1) is 0 Å². The second kappa shape index (κ2) is 4.75. The fourth-order valence-corrected chi connectivity index (χ4v) is 1.78. The first kappa shape index (κ1) is 11.5. The molecule has 2 N–H and O–H groups in total. The highest BCUT2D eigenvalue weighted by Gasteiger charge is 2.17. The zero-order valence-electron chi connectivity index (χ0n) is 7.97. The topological polar surface area (TPSA) is 53.7 Å². The van der Waals surface area contributed by atoms with Gasteiger partial charge in [0, 0.05) is 37.8 Å². The Morgan fingerprint density at radius 2 is 1.93 bits per heavy atom. The third-order valence-corrected chi connectivity index (χ3v) is 3.97. The van der Waals surface area contributed by atoms with E-state index in [-0.39, 0.29) is 0 Å². The highest BCUT2D eigenvalue weighted by Crippen LogP contribution is 2.48. The van der Waals surface area contributed by atoms with E-state index in [9.17, 15) is 0 Å². The zero-order valence-corrected chi connectivity index (χ0v) is 9.68. The first-order valence-corrected chi connectivity index (χ1v) is 6.42. The summed E-state index contributed by atoms with van der Waals surface area (Å²) in [6, 6.07) is 6.94. The molecule has 0 atom stereocenters. The molecule has 0 aromatic heterocycles. The number of hydrogen-bond acceptors (Lipinski definition) is 5. The molecule has 0 saturated heterocycles. The number of hydrogen-bond donors (Lipinski definition) is 1. The third kappa shape index (κ3) is 2.96. The standard InChI is InChI=1S/C8H12NO3PS/c1-10-13(14,11-2)12-8-5-3-4-7(9)6-8/h3-6H,9H2,1-2H3. The van der Waals surface area contributed by atoms with Crippen LogP contribution in [-0.4, -0.2) is 14.2 Å². The highest BCUT2D eigenvalue weighted by atomic mass is 32.5. The molecule has 6 heteroatoms. The van der Waals surface area contributed by atoms with Crippen LogP contribution in [-0.2, 0) is 20.9 Å². The van der Waals surface area contributed by atoms with Crippen molar-refractivity contribution >= 4 is 24.2 Å². The van der Waals surface area contributed by atoms with Gasteiger partial charge in [0.25, 0.3) is 0 Å². The van der Waals surface area contributed by atoms with Crippen molar-refractivity contribution in [3.8, 4) is 5.75 Å². The maximum Gasteiger partial charge on any atom is 0.380 e. The summed E-state index contributed by atoms with van der Waals surface area (Å²) in [6.45, 7) is -2.65. The van der Waals surface area contributed by atoms with Gasteiger partial charge >= 0.3 is 6.72 Å². The van der Waals surface area contributed by atoms with Crippen LogP contribution >= 0.6 is 6.72 Å². The Morgan fingerprint density at radius 1 is 1.29 bits per heavy atom. The lowest BCUT2D eigenvalue weighted by Gasteiger charge is -2.18. The minimum atomic E-state index is -2.65. The SMILES string of the molecule is COP(=S)(OC)Oc1cccc(N)c1. The molecule has 0 saturated carbocycles. The van der Waals surface area contributed by atoms with Gasteiger partial charge in [0.1, 0.15) is 5.75 Å².